The zero-order chi connectivity index (χ0) is 11.7. The molecule has 0 rings (SSSR count). The Bertz CT molecular complexity index is 166. The first-order valence-corrected chi connectivity index (χ1v) is 5.94. The van der Waals surface area contributed by atoms with E-state index in [0.717, 1.165) is 38.5 Å². The van der Waals surface area contributed by atoms with Crippen LogP contribution in [0.4, 0.5) is 0 Å². The number of aliphatic carboxylic acids is 1. The van der Waals surface area contributed by atoms with Crippen LogP contribution in [-0.4, -0.2) is 22.3 Å². The number of aliphatic hydroxyl groups is 1. The molecular formula is C12H24O3. The van der Waals surface area contributed by atoms with Gasteiger partial charge in [-0.2, -0.15) is 0 Å². The first kappa shape index (κ1) is 14.4. The third kappa shape index (κ3) is 9.73. The number of hydrogen-bond donors (Lipinski definition) is 2. The molecule has 0 bridgehead atoms. The van der Waals surface area contributed by atoms with Crippen LogP contribution in [0.3, 0.4) is 0 Å². The van der Waals surface area contributed by atoms with Gasteiger partial charge in [-0.1, -0.05) is 32.6 Å². The summed E-state index contributed by atoms with van der Waals surface area (Å²) >= 11 is 0. The molecule has 0 unspecified atom stereocenters. The maximum absolute atomic E-state index is 10.2. The molecule has 0 amide bonds. The van der Waals surface area contributed by atoms with Gasteiger partial charge in [0, 0.05) is 6.42 Å². The molecule has 15 heavy (non-hydrogen) atoms. The van der Waals surface area contributed by atoms with Crippen LogP contribution in [-0.2, 0) is 4.79 Å². The second kappa shape index (κ2) is 8.72. The summed E-state index contributed by atoms with van der Waals surface area (Å²) in [4.78, 5) is 10.2. The lowest BCUT2D eigenvalue weighted by molar-refractivity contribution is -0.137. The Hall–Kier alpha value is -0.570. The number of carboxylic acids is 1. The molecule has 3 heteroatoms. The predicted octanol–water partition coefficient (Wildman–Crippen LogP) is 2.82. The molecule has 2 N–H and O–H groups in total. The van der Waals surface area contributed by atoms with Crippen LogP contribution in [0.2, 0.25) is 0 Å². The van der Waals surface area contributed by atoms with Crippen LogP contribution >= 0.6 is 0 Å². The molecule has 0 saturated heterocycles. The minimum absolute atomic E-state index is 0.211. The van der Waals surface area contributed by atoms with Gasteiger partial charge in [0.2, 0.25) is 0 Å². The molecule has 0 heterocycles. The summed E-state index contributed by atoms with van der Waals surface area (Å²) in [6.07, 6.45) is 6.35. The molecule has 0 aliphatic heterocycles. The van der Waals surface area contributed by atoms with Gasteiger partial charge in [0.15, 0.2) is 0 Å². The monoisotopic (exact) mass is 216 g/mol. The quantitative estimate of drug-likeness (QED) is 0.583. The fourth-order valence-corrected chi connectivity index (χ4v) is 1.51. The molecule has 0 spiro atoms. The van der Waals surface area contributed by atoms with Crippen molar-refractivity contribution in [2.45, 2.75) is 64.9 Å². The topological polar surface area (TPSA) is 57.5 Å². The van der Waals surface area contributed by atoms with Crippen LogP contribution in [0, 0.1) is 5.92 Å². The zero-order valence-corrected chi connectivity index (χ0v) is 9.91. The summed E-state index contributed by atoms with van der Waals surface area (Å²) < 4.78 is 0. The van der Waals surface area contributed by atoms with Crippen molar-refractivity contribution < 1.29 is 15.0 Å². The average molecular weight is 216 g/mol. The van der Waals surface area contributed by atoms with Gasteiger partial charge in [0.25, 0.3) is 0 Å². The highest BCUT2D eigenvalue weighted by Crippen LogP contribution is 2.14. The fraction of sp³-hybridized carbons (Fsp3) is 0.917. The summed E-state index contributed by atoms with van der Waals surface area (Å²) in [5.74, 6) is -0.318. The maximum atomic E-state index is 10.2. The summed E-state index contributed by atoms with van der Waals surface area (Å²) in [5.41, 5.74) is 0. The Kier molecular flexibility index (Phi) is 8.38. The molecule has 0 saturated carbocycles. The van der Waals surface area contributed by atoms with E-state index in [1.807, 2.05) is 6.92 Å². The second-order valence-electron chi connectivity index (χ2n) is 4.42. The van der Waals surface area contributed by atoms with E-state index in [2.05, 4.69) is 6.92 Å². The molecule has 0 aromatic carbocycles. The lowest BCUT2D eigenvalue weighted by Gasteiger charge is -2.13. The standard InChI is InChI=1S/C12H24O3/c1-10(11(2)13)8-6-4-3-5-7-9-12(14)15/h10-11,13H,3-9H2,1-2H3,(H,14,15)/t10-,11+/m1/s1. The third-order valence-corrected chi connectivity index (χ3v) is 2.87. The van der Waals surface area contributed by atoms with Gasteiger partial charge in [-0.25, -0.2) is 0 Å². The number of aliphatic hydroxyl groups excluding tert-OH is 1. The maximum Gasteiger partial charge on any atom is 0.303 e. The number of carbonyl (C=O) groups is 1. The first-order chi connectivity index (χ1) is 7.04. The van der Waals surface area contributed by atoms with E-state index < -0.39 is 5.97 Å². The van der Waals surface area contributed by atoms with Crippen molar-refractivity contribution >= 4 is 5.97 Å². The lowest BCUT2D eigenvalue weighted by atomic mass is 9.98. The lowest BCUT2D eigenvalue weighted by Crippen LogP contribution is -2.12. The Morgan fingerprint density at radius 3 is 2.13 bits per heavy atom. The number of hydrogen-bond acceptors (Lipinski definition) is 2. The van der Waals surface area contributed by atoms with Gasteiger partial charge in [-0.05, 0) is 25.7 Å². The molecule has 0 aliphatic carbocycles. The SMILES string of the molecule is C[C@H](O)[C@H](C)CCCCCCCC(=O)O. The van der Waals surface area contributed by atoms with Gasteiger partial charge < -0.3 is 10.2 Å². The van der Waals surface area contributed by atoms with Crippen molar-refractivity contribution in [2.24, 2.45) is 5.92 Å². The van der Waals surface area contributed by atoms with Crippen molar-refractivity contribution in [3.8, 4) is 0 Å². The Balaban J connectivity index is 3.15. The minimum Gasteiger partial charge on any atom is -0.481 e. The van der Waals surface area contributed by atoms with E-state index >= 15 is 0 Å². The number of rotatable bonds is 9. The highest BCUT2D eigenvalue weighted by atomic mass is 16.4. The van der Waals surface area contributed by atoms with E-state index in [1.165, 1.54) is 0 Å². The summed E-state index contributed by atoms with van der Waals surface area (Å²) in [7, 11) is 0. The van der Waals surface area contributed by atoms with E-state index in [0.29, 0.717) is 12.3 Å². The fourth-order valence-electron chi connectivity index (χ4n) is 1.51. The predicted molar refractivity (Wildman–Crippen MR) is 60.8 cm³/mol. The van der Waals surface area contributed by atoms with Crippen molar-refractivity contribution in [1.29, 1.82) is 0 Å². The molecule has 0 aromatic heterocycles. The molecule has 0 aliphatic rings. The average Bonchev–Trinajstić information content (AvgIpc) is 2.15. The molecule has 3 nitrogen and oxygen atoms in total. The van der Waals surface area contributed by atoms with E-state index in [4.69, 9.17) is 5.11 Å². The van der Waals surface area contributed by atoms with Crippen LogP contribution in [0.15, 0.2) is 0 Å². The third-order valence-electron chi connectivity index (χ3n) is 2.87. The van der Waals surface area contributed by atoms with Crippen molar-refractivity contribution in [2.75, 3.05) is 0 Å². The smallest absolute Gasteiger partial charge is 0.303 e. The van der Waals surface area contributed by atoms with Crippen LogP contribution in [0.5, 0.6) is 0 Å². The molecule has 0 fully saturated rings. The van der Waals surface area contributed by atoms with E-state index in [9.17, 15) is 9.90 Å². The van der Waals surface area contributed by atoms with Crippen molar-refractivity contribution in [3.05, 3.63) is 0 Å². The summed E-state index contributed by atoms with van der Waals surface area (Å²) in [5, 5.41) is 17.7. The Morgan fingerprint density at radius 2 is 1.60 bits per heavy atom. The van der Waals surface area contributed by atoms with E-state index in [1.54, 1.807) is 0 Å². The van der Waals surface area contributed by atoms with E-state index in [-0.39, 0.29) is 6.10 Å². The minimum atomic E-state index is -0.697. The Labute approximate surface area is 92.5 Å². The largest absolute Gasteiger partial charge is 0.481 e. The second-order valence-corrected chi connectivity index (χ2v) is 4.42. The number of carboxylic acid groups (broad SMARTS) is 1. The highest BCUT2D eigenvalue weighted by Gasteiger charge is 2.07. The normalized spacial score (nSPS) is 14.9. The Morgan fingerprint density at radius 1 is 1.07 bits per heavy atom. The molecule has 0 aromatic rings. The highest BCUT2D eigenvalue weighted by molar-refractivity contribution is 5.66. The van der Waals surface area contributed by atoms with Gasteiger partial charge >= 0.3 is 5.97 Å². The number of unbranched alkanes of at least 4 members (excludes halogenated alkanes) is 4. The van der Waals surface area contributed by atoms with Gasteiger partial charge in [-0.15, -0.1) is 0 Å². The molecular weight excluding hydrogens is 192 g/mol. The van der Waals surface area contributed by atoms with Crippen LogP contribution in [0.25, 0.3) is 0 Å². The molecule has 0 radical (unpaired) electrons. The zero-order valence-electron chi connectivity index (χ0n) is 9.91. The van der Waals surface area contributed by atoms with Gasteiger partial charge in [0.1, 0.15) is 0 Å². The molecule has 90 valence electrons. The summed E-state index contributed by atoms with van der Waals surface area (Å²) in [6, 6.07) is 0. The summed E-state index contributed by atoms with van der Waals surface area (Å²) in [6.45, 7) is 3.90. The van der Waals surface area contributed by atoms with Crippen molar-refractivity contribution in [3.63, 3.8) is 0 Å². The van der Waals surface area contributed by atoms with Crippen LogP contribution in [0.1, 0.15) is 58.8 Å². The first-order valence-electron chi connectivity index (χ1n) is 5.94. The van der Waals surface area contributed by atoms with Crippen LogP contribution < -0.4 is 0 Å². The van der Waals surface area contributed by atoms with Gasteiger partial charge in [0.05, 0.1) is 6.10 Å². The van der Waals surface area contributed by atoms with Crippen molar-refractivity contribution in [1.82, 2.24) is 0 Å². The van der Waals surface area contributed by atoms with Gasteiger partial charge in [-0.3, -0.25) is 4.79 Å². The molecule has 2 atom stereocenters.